The Bertz CT molecular complexity index is 463. The van der Waals surface area contributed by atoms with Crippen molar-refractivity contribution in [2.24, 2.45) is 11.3 Å². The molecule has 0 N–H and O–H groups in total. The maximum Gasteiger partial charge on any atom is 0.413 e. The lowest BCUT2D eigenvalue weighted by molar-refractivity contribution is -0.0942. The van der Waals surface area contributed by atoms with Crippen LogP contribution < -0.4 is 0 Å². The summed E-state index contributed by atoms with van der Waals surface area (Å²) in [4.78, 5) is 0.414. The Hall–Kier alpha value is -0.640. The fourth-order valence-corrected chi connectivity index (χ4v) is 4.10. The second-order valence-electron chi connectivity index (χ2n) is 6.87. The summed E-state index contributed by atoms with van der Waals surface area (Å²) in [5, 5.41) is 0.165. The van der Waals surface area contributed by atoms with Crippen molar-refractivity contribution in [3.05, 3.63) is 34.8 Å². The van der Waals surface area contributed by atoms with Crippen LogP contribution in [0.2, 0.25) is 0 Å². The van der Waals surface area contributed by atoms with Crippen LogP contribution in [0.5, 0.6) is 0 Å². The zero-order valence-corrected chi connectivity index (χ0v) is 13.7. The van der Waals surface area contributed by atoms with E-state index in [1.54, 1.807) is 6.08 Å². The van der Waals surface area contributed by atoms with E-state index in [4.69, 9.17) is 0 Å². The molecule has 2 rings (SSSR count). The second-order valence-corrected chi connectivity index (χ2v) is 8.15. The van der Waals surface area contributed by atoms with E-state index < -0.39 is 6.18 Å². The zero-order chi connectivity index (χ0) is 15.7. The van der Waals surface area contributed by atoms with Gasteiger partial charge in [-0.1, -0.05) is 45.1 Å². The largest absolute Gasteiger partial charge is 0.413 e. The molecule has 118 valence electrons. The molecule has 0 amide bonds. The average Bonchev–Trinajstić information content (AvgIpc) is 2.37. The Kier molecular flexibility index (Phi) is 4.96. The maximum atomic E-state index is 13.0. The smallest absolute Gasteiger partial charge is 0.166 e. The van der Waals surface area contributed by atoms with Crippen LogP contribution in [0.1, 0.15) is 46.5 Å². The van der Waals surface area contributed by atoms with Gasteiger partial charge < -0.3 is 0 Å². The number of hydrogen-bond acceptors (Lipinski definition) is 1. The second kappa shape index (κ2) is 6.23. The molecule has 2 aliphatic rings. The third-order valence-electron chi connectivity index (χ3n) is 4.18. The van der Waals surface area contributed by atoms with Crippen molar-refractivity contribution in [2.45, 2.75) is 57.9 Å². The molecule has 0 saturated heterocycles. The molecule has 0 aromatic heterocycles. The Labute approximate surface area is 129 Å². The molecule has 0 aliphatic heterocycles. The van der Waals surface area contributed by atoms with Gasteiger partial charge in [-0.3, -0.25) is 0 Å². The Balaban J connectivity index is 2.09. The van der Waals surface area contributed by atoms with Gasteiger partial charge in [-0.15, -0.1) is 11.8 Å². The Morgan fingerprint density at radius 2 is 1.81 bits per heavy atom. The summed E-state index contributed by atoms with van der Waals surface area (Å²) >= 11 is 1.38. The maximum absolute atomic E-state index is 13.0. The average molecular weight is 316 g/mol. The molecular formula is C17H23F3S. The Morgan fingerprint density at radius 3 is 2.33 bits per heavy atom. The summed E-state index contributed by atoms with van der Waals surface area (Å²) in [6, 6.07) is 0. The number of thioether (sulfide) groups is 1. The monoisotopic (exact) mass is 316 g/mol. The number of alkyl halides is 3. The molecule has 0 nitrogen and oxygen atoms in total. The van der Waals surface area contributed by atoms with Crippen molar-refractivity contribution >= 4 is 11.8 Å². The van der Waals surface area contributed by atoms with E-state index in [1.807, 2.05) is 6.08 Å². The summed E-state index contributed by atoms with van der Waals surface area (Å²) in [6.45, 7) is 6.64. The van der Waals surface area contributed by atoms with Crippen LogP contribution in [0.15, 0.2) is 34.8 Å². The third-order valence-corrected chi connectivity index (χ3v) is 5.51. The topological polar surface area (TPSA) is 0 Å². The SMILES string of the molecule is CC(C)(C)C1C=CC(SC2=C(C(F)(F)F)CCC=C2)CC1. The highest BCUT2D eigenvalue weighted by atomic mass is 32.2. The molecule has 2 aliphatic carbocycles. The summed E-state index contributed by atoms with van der Waals surface area (Å²) in [7, 11) is 0. The number of halogens is 3. The number of hydrogen-bond donors (Lipinski definition) is 0. The summed E-state index contributed by atoms with van der Waals surface area (Å²) in [5.41, 5.74) is -0.117. The molecule has 2 unspecified atom stereocenters. The van der Waals surface area contributed by atoms with Gasteiger partial charge in [0.15, 0.2) is 0 Å². The predicted octanol–water partition coefficient (Wildman–Crippen LogP) is 6.27. The van der Waals surface area contributed by atoms with Crippen LogP contribution in [-0.2, 0) is 0 Å². The molecule has 0 aromatic rings. The molecule has 0 bridgehead atoms. The molecule has 0 fully saturated rings. The quantitative estimate of drug-likeness (QED) is 0.541. The van der Waals surface area contributed by atoms with E-state index in [2.05, 4.69) is 32.9 Å². The van der Waals surface area contributed by atoms with Gasteiger partial charge in [0.2, 0.25) is 0 Å². The van der Waals surface area contributed by atoms with E-state index in [-0.39, 0.29) is 22.7 Å². The van der Waals surface area contributed by atoms with Crippen LogP contribution in [-0.4, -0.2) is 11.4 Å². The van der Waals surface area contributed by atoms with Gasteiger partial charge in [-0.2, -0.15) is 13.2 Å². The predicted molar refractivity (Wildman–Crippen MR) is 84.2 cm³/mol. The fraction of sp³-hybridized carbons (Fsp3) is 0.647. The van der Waals surface area contributed by atoms with E-state index in [0.717, 1.165) is 12.8 Å². The normalized spacial score (nSPS) is 27.3. The molecule has 0 heterocycles. The van der Waals surface area contributed by atoms with E-state index in [0.29, 0.717) is 17.2 Å². The van der Waals surface area contributed by atoms with Crippen LogP contribution in [0.4, 0.5) is 13.2 Å². The van der Waals surface area contributed by atoms with Gasteiger partial charge in [0, 0.05) is 15.7 Å². The molecule has 0 spiro atoms. The molecular weight excluding hydrogens is 293 g/mol. The molecule has 2 atom stereocenters. The molecule has 0 saturated carbocycles. The minimum atomic E-state index is -4.20. The van der Waals surface area contributed by atoms with Gasteiger partial charge in [-0.05, 0) is 37.0 Å². The van der Waals surface area contributed by atoms with Gasteiger partial charge in [-0.25, -0.2) is 0 Å². The lowest BCUT2D eigenvalue weighted by atomic mass is 9.76. The van der Waals surface area contributed by atoms with E-state index in [1.165, 1.54) is 11.8 Å². The summed E-state index contributed by atoms with van der Waals surface area (Å²) in [6.07, 6.45) is 6.22. The van der Waals surface area contributed by atoms with Crippen molar-refractivity contribution in [1.29, 1.82) is 0 Å². The summed E-state index contributed by atoms with van der Waals surface area (Å²) in [5.74, 6) is 0.521. The Morgan fingerprint density at radius 1 is 1.10 bits per heavy atom. The molecule has 0 radical (unpaired) electrons. The van der Waals surface area contributed by atoms with Gasteiger partial charge >= 0.3 is 6.18 Å². The first-order chi connectivity index (χ1) is 9.68. The first-order valence-electron chi connectivity index (χ1n) is 7.50. The number of allylic oxidation sites excluding steroid dienone is 4. The van der Waals surface area contributed by atoms with Gasteiger partial charge in [0.05, 0.1) is 0 Å². The van der Waals surface area contributed by atoms with E-state index in [9.17, 15) is 13.2 Å². The van der Waals surface area contributed by atoms with Crippen LogP contribution in [0.3, 0.4) is 0 Å². The van der Waals surface area contributed by atoms with Crippen LogP contribution >= 0.6 is 11.8 Å². The van der Waals surface area contributed by atoms with Gasteiger partial charge in [0.1, 0.15) is 0 Å². The third kappa shape index (κ3) is 4.41. The minimum absolute atomic E-state index is 0.114. The molecule has 4 heteroatoms. The van der Waals surface area contributed by atoms with Crippen molar-refractivity contribution in [1.82, 2.24) is 0 Å². The van der Waals surface area contributed by atoms with Crippen molar-refractivity contribution in [2.75, 3.05) is 0 Å². The fourth-order valence-electron chi connectivity index (χ4n) is 2.81. The lowest BCUT2D eigenvalue weighted by Crippen LogP contribution is -2.23. The lowest BCUT2D eigenvalue weighted by Gasteiger charge is -2.33. The van der Waals surface area contributed by atoms with Gasteiger partial charge in [0.25, 0.3) is 0 Å². The zero-order valence-electron chi connectivity index (χ0n) is 12.8. The molecule has 0 aromatic carbocycles. The first kappa shape index (κ1) is 16.7. The highest BCUT2D eigenvalue weighted by molar-refractivity contribution is 8.04. The first-order valence-corrected chi connectivity index (χ1v) is 8.38. The van der Waals surface area contributed by atoms with Crippen molar-refractivity contribution in [3.8, 4) is 0 Å². The van der Waals surface area contributed by atoms with Crippen LogP contribution in [0.25, 0.3) is 0 Å². The van der Waals surface area contributed by atoms with E-state index >= 15 is 0 Å². The summed E-state index contributed by atoms with van der Waals surface area (Å²) < 4.78 is 39.1. The van der Waals surface area contributed by atoms with Crippen molar-refractivity contribution in [3.63, 3.8) is 0 Å². The minimum Gasteiger partial charge on any atom is -0.166 e. The highest BCUT2D eigenvalue weighted by Gasteiger charge is 2.37. The highest BCUT2D eigenvalue weighted by Crippen LogP contribution is 2.43. The molecule has 21 heavy (non-hydrogen) atoms. The standard InChI is InChI=1S/C17H23F3S/c1-16(2,3)12-8-10-13(11-9-12)21-15-7-5-4-6-14(15)17(18,19)20/h5,7-8,10,12-13H,4,6,9,11H2,1-3H3. The van der Waals surface area contributed by atoms with Crippen molar-refractivity contribution < 1.29 is 13.2 Å². The van der Waals surface area contributed by atoms with Crippen LogP contribution in [0, 0.1) is 11.3 Å². The number of rotatable bonds is 2.